The monoisotopic (exact) mass is 679 g/mol. The quantitative estimate of drug-likeness (QED) is 0.177. The van der Waals surface area contributed by atoms with Gasteiger partial charge in [0.1, 0.15) is 17.2 Å². The lowest BCUT2D eigenvalue weighted by Gasteiger charge is -2.55. The molecule has 4 aromatic carbocycles. The van der Waals surface area contributed by atoms with Gasteiger partial charge >= 0.3 is 0 Å². The fourth-order valence-electron chi connectivity index (χ4n) is 9.30. The number of phenols is 2. The second-order valence-electron chi connectivity index (χ2n) is 14.0. The minimum Gasteiger partial charge on any atom is -0.508 e. The topological polar surface area (TPSA) is 121 Å². The second-order valence-corrected chi connectivity index (χ2v) is 14.0. The van der Waals surface area contributed by atoms with Crippen molar-refractivity contribution in [3.63, 3.8) is 0 Å². The van der Waals surface area contributed by atoms with Crippen molar-refractivity contribution in [2.24, 2.45) is 23.7 Å². The third-order valence-corrected chi connectivity index (χ3v) is 11.6. The second kappa shape index (κ2) is 12.5. The summed E-state index contributed by atoms with van der Waals surface area (Å²) in [5, 5.41) is 21.4. The minimum atomic E-state index is -1.43. The zero-order valence-electron chi connectivity index (χ0n) is 28.1. The van der Waals surface area contributed by atoms with Gasteiger partial charge < -0.3 is 14.9 Å². The molecule has 1 aliphatic heterocycles. The van der Waals surface area contributed by atoms with E-state index >= 15 is 9.59 Å². The Kier molecular flexibility index (Phi) is 7.97. The molecule has 4 aliphatic rings. The van der Waals surface area contributed by atoms with Crippen LogP contribution in [0.15, 0.2) is 121 Å². The summed E-state index contributed by atoms with van der Waals surface area (Å²) in [4.78, 5) is 59.8. The molecule has 1 saturated heterocycles. The number of hydrogen-bond acceptors (Lipinski definition) is 7. The molecule has 8 nitrogen and oxygen atoms in total. The molecule has 2 fully saturated rings. The molecule has 0 spiro atoms. The summed E-state index contributed by atoms with van der Waals surface area (Å²) in [5.74, 6) is -4.03. The average Bonchev–Trinajstić information content (AvgIpc) is 3.40. The summed E-state index contributed by atoms with van der Waals surface area (Å²) in [6.07, 6.45) is 4.38. The SMILES string of the molecule is COc1ccc([C@H]2C3=CC[C@@H]4C(=O)N(CCc5ccc(O)cc5)C(=O)[C@@H]4[C@@H]3C[C@H]3C(=O)C(c4ccccc4)=CC(=O)[C@@]23c2ccccc2)c(O)c1. The number of carbonyl (C=O) groups is 4. The van der Waals surface area contributed by atoms with Crippen LogP contribution >= 0.6 is 0 Å². The molecular formula is C43H37NO7. The largest absolute Gasteiger partial charge is 0.508 e. The van der Waals surface area contributed by atoms with E-state index in [0.717, 1.165) is 11.1 Å². The van der Waals surface area contributed by atoms with Crippen molar-refractivity contribution in [3.05, 3.63) is 143 Å². The Morgan fingerprint density at radius 2 is 1.53 bits per heavy atom. The van der Waals surface area contributed by atoms with Gasteiger partial charge in [0.2, 0.25) is 11.8 Å². The molecule has 4 aromatic rings. The van der Waals surface area contributed by atoms with Crippen LogP contribution in [0.5, 0.6) is 17.2 Å². The maximum atomic E-state index is 15.1. The van der Waals surface area contributed by atoms with Gasteiger partial charge in [-0.25, -0.2) is 0 Å². The van der Waals surface area contributed by atoms with Crippen LogP contribution in [-0.4, -0.2) is 52.1 Å². The predicted molar refractivity (Wildman–Crippen MR) is 190 cm³/mol. The van der Waals surface area contributed by atoms with Gasteiger partial charge in [-0.2, -0.15) is 0 Å². The minimum absolute atomic E-state index is 0.0838. The van der Waals surface area contributed by atoms with E-state index in [1.807, 2.05) is 66.7 Å². The fourth-order valence-corrected chi connectivity index (χ4v) is 9.30. The van der Waals surface area contributed by atoms with Crippen LogP contribution in [0.25, 0.3) is 5.57 Å². The number of hydrogen-bond donors (Lipinski definition) is 2. The van der Waals surface area contributed by atoms with E-state index in [0.29, 0.717) is 40.9 Å². The van der Waals surface area contributed by atoms with Gasteiger partial charge in [0.05, 0.1) is 24.4 Å². The number of likely N-dealkylation sites (tertiary alicyclic amines) is 1. The molecule has 51 heavy (non-hydrogen) atoms. The van der Waals surface area contributed by atoms with E-state index in [9.17, 15) is 19.8 Å². The zero-order valence-corrected chi connectivity index (χ0v) is 28.1. The molecule has 256 valence electrons. The third-order valence-electron chi connectivity index (χ3n) is 11.6. The Balaban J connectivity index is 1.29. The van der Waals surface area contributed by atoms with Crippen LogP contribution in [0.1, 0.15) is 41.0 Å². The number of benzene rings is 4. The Labute approximate surface area is 295 Å². The highest BCUT2D eigenvalue weighted by atomic mass is 16.5. The normalized spacial score (nSPS) is 26.9. The summed E-state index contributed by atoms with van der Waals surface area (Å²) >= 11 is 0. The van der Waals surface area contributed by atoms with Crippen molar-refractivity contribution in [1.29, 1.82) is 0 Å². The Morgan fingerprint density at radius 3 is 2.22 bits per heavy atom. The summed E-state index contributed by atoms with van der Waals surface area (Å²) in [6.45, 7) is 0.190. The number of imide groups is 1. The molecule has 0 unspecified atom stereocenters. The molecule has 8 rings (SSSR count). The Bertz CT molecular complexity index is 2120. The van der Waals surface area contributed by atoms with Gasteiger partial charge in [-0.05, 0) is 66.1 Å². The Hall–Kier alpha value is -5.76. The number of carbonyl (C=O) groups excluding carboxylic acids is 4. The first kappa shape index (κ1) is 32.4. The number of aromatic hydroxyl groups is 2. The highest BCUT2D eigenvalue weighted by molar-refractivity contribution is 6.31. The van der Waals surface area contributed by atoms with E-state index in [2.05, 4.69) is 0 Å². The molecule has 8 heteroatoms. The molecule has 0 aromatic heterocycles. The first-order valence-corrected chi connectivity index (χ1v) is 17.3. The number of methoxy groups -OCH3 is 1. The summed E-state index contributed by atoms with van der Waals surface area (Å²) in [7, 11) is 1.51. The summed E-state index contributed by atoms with van der Waals surface area (Å²) < 4.78 is 5.41. The standard InChI is InChI=1S/C43H37NO7/c1-51-29-16-17-31(36(46)22-29)39-30-18-19-32-38(42(50)44(41(32)49)21-20-25-12-14-28(45)15-13-25)34(30)23-35-40(48)33(26-8-4-2-5-9-26)24-37(47)43(35,39)27-10-6-3-7-11-27/h2-18,22,24,32,34-35,38-39,45-46H,19-21,23H2,1H3/t32-,34+,35-,38-,39+,43-/m0/s1. The number of amides is 2. The van der Waals surface area contributed by atoms with Crippen LogP contribution in [0.4, 0.5) is 0 Å². The van der Waals surface area contributed by atoms with Gasteiger partial charge in [0, 0.05) is 35.6 Å². The highest BCUT2D eigenvalue weighted by Crippen LogP contribution is 2.64. The number of ketones is 2. The number of rotatable bonds is 7. The molecule has 1 saturated carbocycles. The maximum Gasteiger partial charge on any atom is 0.233 e. The fraction of sp³-hybridized carbons (Fsp3) is 0.256. The number of allylic oxidation sites excluding steroid dienone is 4. The molecule has 3 aliphatic carbocycles. The molecule has 0 bridgehead atoms. The number of Topliss-reactive ketones (excluding diaryl/α,β-unsaturated/α-hetero) is 1. The van der Waals surface area contributed by atoms with Gasteiger partial charge in [-0.1, -0.05) is 90.5 Å². The van der Waals surface area contributed by atoms with Crippen LogP contribution in [-0.2, 0) is 31.0 Å². The lowest BCUT2D eigenvalue weighted by Crippen LogP contribution is -2.58. The van der Waals surface area contributed by atoms with E-state index in [1.54, 1.807) is 36.4 Å². The summed E-state index contributed by atoms with van der Waals surface area (Å²) in [5.41, 5.74) is 2.31. The molecule has 0 radical (unpaired) electrons. The summed E-state index contributed by atoms with van der Waals surface area (Å²) in [6, 6.07) is 30.1. The smallest absolute Gasteiger partial charge is 0.233 e. The van der Waals surface area contributed by atoms with Crippen LogP contribution in [0, 0.1) is 23.7 Å². The van der Waals surface area contributed by atoms with Crippen molar-refractivity contribution in [3.8, 4) is 17.2 Å². The third kappa shape index (κ3) is 5.03. The van der Waals surface area contributed by atoms with Gasteiger partial charge in [0.25, 0.3) is 0 Å². The molecule has 1 heterocycles. The van der Waals surface area contributed by atoms with E-state index in [-0.39, 0.29) is 47.8 Å². The van der Waals surface area contributed by atoms with Crippen molar-refractivity contribution in [1.82, 2.24) is 4.90 Å². The first-order chi connectivity index (χ1) is 24.7. The van der Waals surface area contributed by atoms with Crippen molar-refractivity contribution in [2.75, 3.05) is 13.7 Å². The lowest BCUT2D eigenvalue weighted by molar-refractivity contribution is -0.140. The maximum absolute atomic E-state index is 15.1. The van der Waals surface area contributed by atoms with E-state index in [4.69, 9.17) is 4.74 Å². The van der Waals surface area contributed by atoms with E-state index in [1.165, 1.54) is 24.2 Å². The van der Waals surface area contributed by atoms with Gasteiger partial charge in [-0.15, -0.1) is 0 Å². The molecular weight excluding hydrogens is 642 g/mol. The Morgan fingerprint density at radius 1 is 0.824 bits per heavy atom. The van der Waals surface area contributed by atoms with Crippen LogP contribution < -0.4 is 4.74 Å². The van der Waals surface area contributed by atoms with E-state index < -0.39 is 35.0 Å². The highest BCUT2D eigenvalue weighted by Gasteiger charge is 2.66. The number of fused-ring (bicyclic) bond motifs is 4. The van der Waals surface area contributed by atoms with Crippen LogP contribution in [0.2, 0.25) is 0 Å². The molecule has 2 N–H and O–H groups in total. The number of phenolic OH excluding ortho intramolecular Hbond substituents is 2. The van der Waals surface area contributed by atoms with Crippen molar-refractivity contribution in [2.45, 2.75) is 30.6 Å². The average molecular weight is 680 g/mol. The first-order valence-electron chi connectivity index (χ1n) is 17.3. The zero-order chi connectivity index (χ0) is 35.4. The van der Waals surface area contributed by atoms with Gasteiger partial charge in [-0.3, -0.25) is 24.1 Å². The number of ether oxygens (including phenoxy) is 1. The van der Waals surface area contributed by atoms with Gasteiger partial charge in [0.15, 0.2) is 11.6 Å². The molecule has 6 atom stereocenters. The molecule has 2 amide bonds. The predicted octanol–water partition coefficient (Wildman–Crippen LogP) is 6.17. The van der Waals surface area contributed by atoms with Crippen molar-refractivity contribution < 1.29 is 34.1 Å². The lowest BCUT2D eigenvalue weighted by atomic mass is 9.44. The number of nitrogens with zero attached hydrogens (tertiary/aromatic N) is 1. The van der Waals surface area contributed by atoms with Crippen LogP contribution in [0.3, 0.4) is 0 Å². The van der Waals surface area contributed by atoms with Crippen molar-refractivity contribution >= 4 is 29.0 Å².